The van der Waals surface area contributed by atoms with E-state index in [1.807, 2.05) is 27.7 Å². The number of benzene rings is 1. The van der Waals surface area contributed by atoms with E-state index in [0.29, 0.717) is 47.5 Å². The molecule has 0 unspecified atom stereocenters. The van der Waals surface area contributed by atoms with Crippen LogP contribution in [0.15, 0.2) is 59.0 Å². The Morgan fingerprint density at radius 3 is 2.26 bits per heavy atom. The average Bonchev–Trinajstić information content (AvgIpc) is 3.68. The Morgan fingerprint density at radius 2 is 1.67 bits per heavy atom. The summed E-state index contributed by atoms with van der Waals surface area (Å²) in [5.41, 5.74) is 1.16. The fraction of sp³-hybridized carbons (Fsp3) is 0.523. The maximum atomic E-state index is 14.3. The minimum Gasteiger partial charge on any atom is -0.347 e. The van der Waals surface area contributed by atoms with Crippen LogP contribution in [-0.2, 0) is 19.2 Å². The first-order valence-electron chi connectivity index (χ1n) is 20.5. The van der Waals surface area contributed by atoms with Crippen molar-refractivity contribution < 1.29 is 28.8 Å². The van der Waals surface area contributed by atoms with Crippen LogP contribution in [0.25, 0.3) is 0 Å². The Hall–Kier alpha value is -6.13. The van der Waals surface area contributed by atoms with Crippen molar-refractivity contribution in [3.05, 3.63) is 65.1 Å². The van der Waals surface area contributed by atoms with Gasteiger partial charge in [0, 0.05) is 62.1 Å². The average molecular weight is 844 g/mol. The fourth-order valence-corrected chi connectivity index (χ4v) is 6.98. The number of rotatable bonds is 19. The second-order valence-electron chi connectivity index (χ2n) is 17.2. The van der Waals surface area contributed by atoms with E-state index >= 15 is 0 Å². The quantitative estimate of drug-likeness (QED) is 0.0679. The third-order valence-corrected chi connectivity index (χ3v) is 10.3. The van der Waals surface area contributed by atoms with Crippen LogP contribution in [0.2, 0.25) is 0 Å². The predicted octanol–water partition coefficient (Wildman–Crippen LogP) is 4.10. The van der Waals surface area contributed by atoms with Gasteiger partial charge in [0.2, 0.25) is 23.6 Å². The zero-order valence-electron chi connectivity index (χ0n) is 37.6. The summed E-state index contributed by atoms with van der Waals surface area (Å²) < 4.78 is 0. The molecule has 0 spiro atoms. The molecule has 0 saturated carbocycles. The van der Waals surface area contributed by atoms with Crippen LogP contribution in [0.1, 0.15) is 90.1 Å². The minimum atomic E-state index is -1.41. The molecule has 17 nitrogen and oxygen atoms in total. The number of hydrogen-bond acceptors (Lipinski definition) is 9. The molecule has 0 aromatic heterocycles. The number of allylic oxidation sites excluding steroid dienone is 2. The maximum Gasteiger partial charge on any atom is 0.330 e. The predicted molar refractivity (Wildman–Crippen MR) is 239 cm³/mol. The van der Waals surface area contributed by atoms with Crippen molar-refractivity contribution in [3.63, 3.8) is 0 Å². The van der Waals surface area contributed by atoms with Gasteiger partial charge in [-0.15, -0.1) is 0 Å². The van der Waals surface area contributed by atoms with Gasteiger partial charge in [-0.3, -0.25) is 33.8 Å². The fourth-order valence-electron chi connectivity index (χ4n) is 6.98. The van der Waals surface area contributed by atoms with Crippen LogP contribution in [0.3, 0.4) is 0 Å². The standard InChI is InChI=1S/C44H65N11O6/c1-26(2)20-33(40(58)52(10)11)50-42(60)44(8,9)51-39(57)35-14-13-19-54(35)41(59)34(21-27(3)4)49-38(56)31-18-15-28(5)36(22-31)55-24-32(23-45)37(53(12)43(55)61)48-25-47-30(7)17-16-29(6)46/h15-18,22-23,25-27,33-35,45-46H,7,13-14,19-21,24H2,1-6,8-12H3,(H,47,48)(H,49,56)(H,50,60)(H,51,57)/b17-16-,45-23?,46-29?/t33-,34-,35-/m0/s1. The summed E-state index contributed by atoms with van der Waals surface area (Å²) in [6.07, 6.45) is 7.25. The molecule has 0 aliphatic carbocycles. The number of urea groups is 1. The highest BCUT2D eigenvalue weighted by Gasteiger charge is 2.41. The second-order valence-corrected chi connectivity index (χ2v) is 17.2. The number of likely N-dealkylation sites (tertiary alicyclic amines) is 1. The molecule has 1 aromatic carbocycles. The molecule has 0 bridgehead atoms. The molecule has 2 aliphatic heterocycles. The Morgan fingerprint density at radius 1 is 1.03 bits per heavy atom. The first kappa shape index (κ1) is 49.2. The van der Waals surface area contributed by atoms with Crippen molar-refractivity contribution in [1.82, 2.24) is 36.0 Å². The largest absolute Gasteiger partial charge is 0.347 e. The molecule has 332 valence electrons. The zero-order chi connectivity index (χ0) is 45.9. The number of likely N-dealkylation sites (N-methyl/N-ethyl adjacent to an activating group) is 1. The first-order chi connectivity index (χ1) is 28.5. The molecule has 3 atom stereocenters. The van der Waals surface area contributed by atoms with Gasteiger partial charge in [-0.05, 0) is 95.1 Å². The van der Waals surface area contributed by atoms with E-state index in [1.165, 1.54) is 33.0 Å². The lowest BCUT2D eigenvalue weighted by atomic mass is 9.98. The highest BCUT2D eigenvalue weighted by Crippen LogP contribution is 2.29. The van der Waals surface area contributed by atoms with Crippen molar-refractivity contribution in [2.45, 2.75) is 105 Å². The van der Waals surface area contributed by atoms with E-state index in [2.05, 4.69) is 32.8 Å². The number of carbonyl (C=O) groups excluding carboxylic acids is 6. The van der Waals surface area contributed by atoms with Gasteiger partial charge in [0.05, 0.1) is 12.9 Å². The lowest BCUT2D eigenvalue weighted by Crippen LogP contribution is -2.62. The molecule has 0 radical (unpaired) electrons. The van der Waals surface area contributed by atoms with Gasteiger partial charge in [0.15, 0.2) is 0 Å². The minimum absolute atomic E-state index is 0.00280. The van der Waals surface area contributed by atoms with E-state index in [-0.39, 0.29) is 48.6 Å². The third-order valence-electron chi connectivity index (χ3n) is 10.3. The normalized spacial score (nSPS) is 16.9. The number of aliphatic imine (C=N–C) groups is 1. The third kappa shape index (κ3) is 13.2. The number of nitrogens with one attached hydrogen (secondary N) is 6. The highest BCUT2D eigenvalue weighted by molar-refractivity contribution is 6.03. The Labute approximate surface area is 360 Å². The van der Waals surface area contributed by atoms with Crippen LogP contribution in [0, 0.1) is 29.6 Å². The van der Waals surface area contributed by atoms with Crippen LogP contribution in [0.5, 0.6) is 0 Å². The van der Waals surface area contributed by atoms with Crippen molar-refractivity contribution in [3.8, 4) is 0 Å². The van der Waals surface area contributed by atoms with Crippen molar-refractivity contribution in [2.75, 3.05) is 39.1 Å². The number of aryl methyl sites for hydroxylation is 1. The van der Waals surface area contributed by atoms with Gasteiger partial charge in [0.25, 0.3) is 5.91 Å². The first-order valence-corrected chi connectivity index (χ1v) is 20.5. The van der Waals surface area contributed by atoms with E-state index in [4.69, 9.17) is 10.8 Å². The summed E-state index contributed by atoms with van der Waals surface area (Å²) in [4.78, 5) is 92.1. The molecule has 6 N–H and O–H groups in total. The summed E-state index contributed by atoms with van der Waals surface area (Å²) in [5, 5.41) is 27.0. The number of nitrogens with zero attached hydrogens (tertiary/aromatic N) is 5. The van der Waals surface area contributed by atoms with E-state index < -0.39 is 53.3 Å². The maximum absolute atomic E-state index is 14.3. The van der Waals surface area contributed by atoms with E-state index in [9.17, 15) is 28.8 Å². The van der Waals surface area contributed by atoms with Crippen LogP contribution < -0.4 is 26.2 Å². The smallest absolute Gasteiger partial charge is 0.330 e. The molecule has 17 heteroatoms. The Balaban J connectivity index is 1.81. The molecular weight excluding hydrogens is 779 g/mol. The second kappa shape index (κ2) is 21.4. The Bertz CT molecular complexity index is 1980. The van der Waals surface area contributed by atoms with Crippen LogP contribution >= 0.6 is 0 Å². The molecule has 2 aliphatic rings. The zero-order valence-corrected chi connectivity index (χ0v) is 37.6. The number of anilines is 1. The summed E-state index contributed by atoms with van der Waals surface area (Å²) in [6.45, 7) is 18.4. The summed E-state index contributed by atoms with van der Waals surface area (Å²) in [5.74, 6) is -1.92. The summed E-state index contributed by atoms with van der Waals surface area (Å²) in [7, 11) is 4.77. The SMILES string of the molecule is C=C(/C=C\C(C)=N)N/C=N/C1=C(C=N)CN(c2cc(C(=O)N[C@@H](CC(C)C)C(=O)N3CCC[C@H]3C(=O)NC(C)(C)C(=O)N[C@@H](CC(C)C)C(=O)N(C)C)ccc2C)C(=O)N1C. The molecule has 1 saturated heterocycles. The molecule has 7 amide bonds. The van der Waals surface area contributed by atoms with Gasteiger partial charge in [0.1, 0.15) is 29.5 Å². The van der Waals surface area contributed by atoms with Gasteiger partial charge in [-0.25, -0.2) is 9.79 Å². The van der Waals surface area contributed by atoms with Crippen molar-refractivity contribution >= 4 is 59.5 Å². The summed E-state index contributed by atoms with van der Waals surface area (Å²) in [6, 6.07) is 1.80. The molecule has 3 rings (SSSR count). The lowest BCUT2D eigenvalue weighted by Gasteiger charge is -2.35. The highest BCUT2D eigenvalue weighted by atomic mass is 16.2. The molecule has 1 fully saturated rings. The summed E-state index contributed by atoms with van der Waals surface area (Å²) >= 11 is 0. The van der Waals surface area contributed by atoms with Gasteiger partial charge in [-0.1, -0.05) is 40.3 Å². The molecular formula is C44H65N11O6. The molecule has 61 heavy (non-hydrogen) atoms. The van der Waals surface area contributed by atoms with E-state index in [1.54, 1.807) is 72.1 Å². The molecule has 1 aromatic rings. The monoisotopic (exact) mass is 844 g/mol. The van der Waals surface area contributed by atoms with Gasteiger partial charge < -0.3 is 41.9 Å². The van der Waals surface area contributed by atoms with Gasteiger partial charge in [-0.2, -0.15) is 0 Å². The van der Waals surface area contributed by atoms with Crippen molar-refractivity contribution in [2.24, 2.45) is 16.8 Å². The molecule has 2 heterocycles. The topological polar surface area (TPSA) is 224 Å². The number of carbonyl (C=O) groups is 6. The number of amides is 7. The van der Waals surface area contributed by atoms with Gasteiger partial charge >= 0.3 is 6.03 Å². The van der Waals surface area contributed by atoms with Crippen LogP contribution in [-0.4, -0.2) is 126 Å². The van der Waals surface area contributed by atoms with Crippen molar-refractivity contribution in [1.29, 1.82) is 10.8 Å². The number of hydrogen-bond donors (Lipinski definition) is 6. The Kier molecular flexibility index (Phi) is 17.3. The van der Waals surface area contributed by atoms with E-state index in [0.717, 1.165) is 6.21 Å². The van der Waals surface area contributed by atoms with Crippen LogP contribution in [0.4, 0.5) is 10.5 Å². The lowest BCUT2D eigenvalue weighted by molar-refractivity contribution is -0.142.